The topological polar surface area (TPSA) is 94.6 Å². The zero-order valence-corrected chi connectivity index (χ0v) is 19.3. The van der Waals surface area contributed by atoms with Gasteiger partial charge in [0, 0.05) is 30.1 Å². The standard InChI is InChI=1S/C27H34N2O4/c1-2-3-4-7-14-33-18-27(15-19-8-5-6-9-20(19)16-27)28-17-24(31)21-10-12-23(30)26-22(21)11-13-25(32)29-26/h5-6,8-13,24,28,30-31H,2-4,7,14-18H2,1H3,(H,29,32)/t24-/m0/s1. The van der Waals surface area contributed by atoms with Gasteiger partial charge in [-0.05, 0) is 48.1 Å². The molecule has 1 aromatic heterocycles. The van der Waals surface area contributed by atoms with Crippen molar-refractivity contribution < 1.29 is 14.9 Å². The number of aliphatic hydroxyl groups is 1. The van der Waals surface area contributed by atoms with Gasteiger partial charge in [0.25, 0.3) is 0 Å². The molecule has 4 N–H and O–H groups in total. The van der Waals surface area contributed by atoms with Gasteiger partial charge in [0.15, 0.2) is 0 Å². The van der Waals surface area contributed by atoms with Gasteiger partial charge in [0.1, 0.15) is 5.75 Å². The van der Waals surface area contributed by atoms with E-state index < -0.39 is 6.10 Å². The average molecular weight is 451 g/mol. The molecule has 0 unspecified atom stereocenters. The summed E-state index contributed by atoms with van der Waals surface area (Å²) in [5, 5.41) is 25.5. The van der Waals surface area contributed by atoms with Crippen LogP contribution >= 0.6 is 0 Å². The first-order chi connectivity index (χ1) is 16.0. The number of nitrogens with one attached hydrogen (secondary N) is 2. The van der Waals surface area contributed by atoms with E-state index in [2.05, 4.69) is 41.5 Å². The van der Waals surface area contributed by atoms with Crippen LogP contribution in [0.5, 0.6) is 5.75 Å². The lowest BCUT2D eigenvalue weighted by Crippen LogP contribution is -2.51. The van der Waals surface area contributed by atoms with Crippen molar-refractivity contribution in [2.45, 2.75) is 57.1 Å². The molecule has 0 spiro atoms. The Balaban J connectivity index is 1.47. The number of ether oxygens (including phenoxy) is 1. The third kappa shape index (κ3) is 5.46. The number of phenols is 1. The van der Waals surface area contributed by atoms with Crippen LogP contribution in [0.3, 0.4) is 0 Å². The SMILES string of the molecule is CCCCCCOCC1(NC[C@H](O)c2ccc(O)c3[nH]c(=O)ccc23)Cc2ccccc2C1. The summed E-state index contributed by atoms with van der Waals surface area (Å²) < 4.78 is 6.12. The minimum atomic E-state index is -0.802. The average Bonchev–Trinajstić information content (AvgIpc) is 3.19. The summed E-state index contributed by atoms with van der Waals surface area (Å²) in [5.74, 6) is -0.00852. The lowest BCUT2D eigenvalue weighted by Gasteiger charge is -2.32. The van der Waals surface area contributed by atoms with Crippen molar-refractivity contribution in [3.8, 4) is 5.75 Å². The lowest BCUT2D eigenvalue weighted by molar-refractivity contribution is 0.0599. The third-order valence-corrected chi connectivity index (χ3v) is 6.63. The fourth-order valence-corrected chi connectivity index (χ4v) is 4.84. The van der Waals surface area contributed by atoms with Crippen LogP contribution in [0.25, 0.3) is 10.9 Å². The fourth-order valence-electron chi connectivity index (χ4n) is 4.84. The van der Waals surface area contributed by atoms with Crippen molar-refractivity contribution in [1.29, 1.82) is 0 Å². The Labute approximate surface area is 194 Å². The van der Waals surface area contributed by atoms with Gasteiger partial charge in [-0.15, -0.1) is 0 Å². The maximum Gasteiger partial charge on any atom is 0.248 e. The lowest BCUT2D eigenvalue weighted by atomic mass is 9.95. The molecule has 2 aromatic carbocycles. The molecule has 6 nitrogen and oxygen atoms in total. The molecule has 0 saturated heterocycles. The molecule has 0 amide bonds. The quantitative estimate of drug-likeness (QED) is 0.332. The molecular formula is C27H34N2O4. The number of aromatic nitrogens is 1. The normalized spacial score (nSPS) is 15.6. The van der Waals surface area contributed by atoms with E-state index in [9.17, 15) is 15.0 Å². The van der Waals surface area contributed by atoms with Crippen LogP contribution in [0.1, 0.15) is 55.4 Å². The van der Waals surface area contributed by atoms with Crippen LogP contribution < -0.4 is 10.9 Å². The van der Waals surface area contributed by atoms with E-state index in [4.69, 9.17) is 4.74 Å². The van der Waals surface area contributed by atoms with Crippen LogP contribution in [0.2, 0.25) is 0 Å². The highest BCUT2D eigenvalue weighted by Crippen LogP contribution is 2.32. The molecule has 1 heterocycles. The third-order valence-electron chi connectivity index (χ3n) is 6.63. The molecule has 3 aromatic rings. The van der Waals surface area contributed by atoms with Crippen LogP contribution in [0.15, 0.2) is 53.3 Å². The number of phenolic OH excluding ortho intramolecular Hbond substituents is 1. The van der Waals surface area contributed by atoms with E-state index in [1.807, 2.05) is 0 Å². The van der Waals surface area contributed by atoms with E-state index in [0.29, 0.717) is 29.6 Å². The summed E-state index contributed by atoms with van der Waals surface area (Å²) in [6, 6.07) is 14.7. The van der Waals surface area contributed by atoms with E-state index in [1.54, 1.807) is 12.1 Å². The first-order valence-electron chi connectivity index (χ1n) is 11.9. The molecule has 0 radical (unpaired) electrons. The Bertz CT molecular complexity index is 1120. The Hall–Kier alpha value is -2.67. The van der Waals surface area contributed by atoms with Crippen LogP contribution in [0, 0.1) is 0 Å². The van der Waals surface area contributed by atoms with Gasteiger partial charge in [0.05, 0.1) is 18.2 Å². The number of aromatic hydroxyl groups is 1. The van der Waals surface area contributed by atoms with E-state index in [1.165, 1.54) is 42.5 Å². The number of unbranched alkanes of at least 4 members (excludes halogenated alkanes) is 3. The minimum Gasteiger partial charge on any atom is -0.506 e. The second-order valence-electron chi connectivity index (χ2n) is 9.20. The zero-order chi connectivity index (χ0) is 23.3. The summed E-state index contributed by atoms with van der Waals surface area (Å²) in [7, 11) is 0. The van der Waals surface area contributed by atoms with Crippen molar-refractivity contribution in [1.82, 2.24) is 10.3 Å². The highest BCUT2D eigenvalue weighted by molar-refractivity contribution is 5.87. The molecule has 1 aliphatic rings. The second-order valence-corrected chi connectivity index (χ2v) is 9.20. The zero-order valence-electron chi connectivity index (χ0n) is 19.3. The number of fused-ring (bicyclic) bond motifs is 2. The predicted molar refractivity (Wildman–Crippen MR) is 131 cm³/mol. The Morgan fingerprint density at radius 1 is 1.06 bits per heavy atom. The van der Waals surface area contributed by atoms with Gasteiger partial charge in [-0.2, -0.15) is 0 Å². The molecule has 0 fully saturated rings. The smallest absolute Gasteiger partial charge is 0.248 e. The number of aliphatic hydroxyl groups excluding tert-OH is 1. The van der Waals surface area contributed by atoms with E-state index in [0.717, 1.165) is 25.9 Å². The summed E-state index contributed by atoms with van der Waals surface area (Å²) in [6.07, 6.45) is 5.60. The van der Waals surface area contributed by atoms with Gasteiger partial charge in [-0.3, -0.25) is 4.79 Å². The number of aromatic amines is 1. The monoisotopic (exact) mass is 450 g/mol. The number of benzene rings is 2. The number of H-pyrrole nitrogens is 1. The van der Waals surface area contributed by atoms with Crippen LogP contribution in [-0.4, -0.2) is 40.5 Å². The van der Waals surface area contributed by atoms with E-state index in [-0.39, 0.29) is 16.8 Å². The maximum absolute atomic E-state index is 11.7. The van der Waals surface area contributed by atoms with Crippen molar-refractivity contribution in [3.05, 3.63) is 75.6 Å². The van der Waals surface area contributed by atoms with Crippen molar-refractivity contribution in [2.75, 3.05) is 19.8 Å². The summed E-state index contributed by atoms with van der Waals surface area (Å²) in [6.45, 7) is 3.88. The molecule has 0 bridgehead atoms. The Kier molecular flexibility index (Phi) is 7.48. The fraction of sp³-hybridized carbons (Fsp3) is 0.444. The largest absolute Gasteiger partial charge is 0.506 e. The molecule has 0 saturated carbocycles. The first kappa shape index (κ1) is 23.5. The molecule has 176 valence electrons. The van der Waals surface area contributed by atoms with Crippen molar-refractivity contribution in [2.24, 2.45) is 0 Å². The molecule has 33 heavy (non-hydrogen) atoms. The number of β-amino-alcohol motifs (C(OH)–C–C–N with tert-alkyl or cyclic N) is 1. The first-order valence-corrected chi connectivity index (χ1v) is 11.9. The summed E-state index contributed by atoms with van der Waals surface area (Å²) in [5.41, 5.74) is 3.09. The second kappa shape index (κ2) is 10.5. The highest BCUT2D eigenvalue weighted by atomic mass is 16.5. The van der Waals surface area contributed by atoms with Gasteiger partial charge < -0.3 is 25.3 Å². The molecule has 0 aliphatic heterocycles. The van der Waals surface area contributed by atoms with Gasteiger partial charge in [0.2, 0.25) is 5.56 Å². The van der Waals surface area contributed by atoms with Crippen molar-refractivity contribution >= 4 is 10.9 Å². The number of pyridine rings is 1. The van der Waals surface area contributed by atoms with E-state index >= 15 is 0 Å². The summed E-state index contributed by atoms with van der Waals surface area (Å²) in [4.78, 5) is 14.4. The minimum absolute atomic E-state index is 0.00852. The number of hydrogen-bond donors (Lipinski definition) is 4. The molecule has 1 aliphatic carbocycles. The molecule has 4 rings (SSSR count). The van der Waals surface area contributed by atoms with Gasteiger partial charge >= 0.3 is 0 Å². The highest BCUT2D eigenvalue weighted by Gasteiger charge is 2.37. The van der Waals surface area contributed by atoms with Gasteiger partial charge in [-0.25, -0.2) is 0 Å². The number of hydrogen-bond acceptors (Lipinski definition) is 5. The molecular weight excluding hydrogens is 416 g/mol. The number of rotatable bonds is 11. The van der Waals surface area contributed by atoms with Gasteiger partial charge in [-0.1, -0.05) is 56.5 Å². The summed E-state index contributed by atoms with van der Waals surface area (Å²) >= 11 is 0. The Morgan fingerprint density at radius 3 is 2.55 bits per heavy atom. The van der Waals surface area contributed by atoms with Crippen molar-refractivity contribution in [3.63, 3.8) is 0 Å². The predicted octanol–water partition coefficient (Wildman–Crippen LogP) is 3.99. The van der Waals surface area contributed by atoms with Crippen LogP contribution in [-0.2, 0) is 17.6 Å². The van der Waals surface area contributed by atoms with Crippen LogP contribution in [0.4, 0.5) is 0 Å². The maximum atomic E-state index is 11.7. The molecule has 1 atom stereocenters. The Morgan fingerprint density at radius 2 is 1.82 bits per heavy atom. The molecule has 6 heteroatoms.